The van der Waals surface area contributed by atoms with Crippen LogP contribution in [0.3, 0.4) is 0 Å². The van der Waals surface area contributed by atoms with Gasteiger partial charge in [-0.3, -0.25) is 14.6 Å². The highest BCUT2D eigenvalue weighted by atomic mass is 32.1. The molecule has 1 aromatic heterocycles. The van der Waals surface area contributed by atoms with Gasteiger partial charge in [-0.05, 0) is 30.7 Å². The molecule has 32 heavy (non-hydrogen) atoms. The zero-order valence-electron chi connectivity index (χ0n) is 19.9. The summed E-state index contributed by atoms with van der Waals surface area (Å²) >= 11 is 1.77. The molecule has 5 nitrogen and oxygen atoms in total. The Hall–Kier alpha value is -1.76. The van der Waals surface area contributed by atoms with Crippen LogP contribution in [0.4, 0.5) is 0 Å². The van der Waals surface area contributed by atoms with E-state index in [-0.39, 0.29) is 5.41 Å². The summed E-state index contributed by atoms with van der Waals surface area (Å²) in [6, 6.07) is 10.7. The lowest BCUT2D eigenvalue weighted by atomic mass is 9.90. The third-order valence-corrected chi connectivity index (χ3v) is 7.67. The summed E-state index contributed by atoms with van der Waals surface area (Å²) < 4.78 is 0. The van der Waals surface area contributed by atoms with Crippen molar-refractivity contribution in [2.75, 3.05) is 45.8 Å². The predicted molar refractivity (Wildman–Crippen MR) is 132 cm³/mol. The first-order chi connectivity index (χ1) is 15.4. The van der Waals surface area contributed by atoms with Crippen molar-refractivity contribution in [3.05, 3.63) is 52.0 Å². The van der Waals surface area contributed by atoms with Crippen LogP contribution in [0.2, 0.25) is 0 Å². The normalized spacial score (nSPS) is 19.4. The SMILES string of the molecule is CC(C)(C)c1csc(CN2CCN(CC(=O)N3CCC(Cc4ccccc4)CC3)CC2)n1. The Bertz CT molecular complexity index is 859. The van der Waals surface area contributed by atoms with Crippen LogP contribution in [0.15, 0.2) is 35.7 Å². The lowest BCUT2D eigenvalue weighted by Crippen LogP contribution is -2.50. The Kier molecular flexibility index (Phi) is 7.64. The molecule has 0 spiro atoms. The van der Waals surface area contributed by atoms with E-state index >= 15 is 0 Å². The van der Waals surface area contributed by atoms with Crippen molar-refractivity contribution in [1.82, 2.24) is 19.7 Å². The van der Waals surface area contributed by atoms with Crippen LogP contribution in [-0.2, 0) is 23.2 Å². The second kappa shape index (κ2) is 10.4. The Labute approximate surface area is 197 Å². The standard InChI is InChI=1S/C26H38N4OS/c1-26(2,3)23-20-32-24(27-23)18-28-13-15-29(16-14-28)19-25(31)30-11-9-22(10-12-30)17-21-7-5-4-6-8-21/h4-8,20,22H,9-19H2,1-3H3. The van der Waals surface area contributed by atoms with Gasteiger partial charge in [0.05, 0.1) is 18.8 Å². The number of hydrogen-bond acceptors (Lipinski definition) is 5. The van der Waals surface area contributed by atoms with Gasteiger partial charge < -0.3 is 4.90 Å². The van der Waals surface area contributed by atoms with Crippen LogP contribution in [-0.4, -0.2) is 71.4 Å². The zero-order chi connectivity index (χ0) is 22.6. The fourth-order valence-electron chi connectivity index (χ4n) is 4.65. The van der Waals surface area contributed by atoms with Crippen LogP contribution in [0, 0.1) is 5.92 Å². The van der Waals surface area contributed by atoms with Crippen molar-refractivity contribution >= 4 is 17.2 Å². The maximum absolute atomic E-state index is 12.9. The van der Waals surface area contributed by atoms with E-state index in [2.05, 4.69) is 71.2 Å². The minimum Gasteiger partial charge on any atom is -0.342 e. The molecule has 0 radical (unpaired) electrons. The van der Waals surface area contributed by atoms with Gasteiger partial charge in [0.1, 0.15) is 5.01 Å². The average molecular weight is 455 g/mol. The zero-order valence-corrected chi connectivity index (χ0v) is 20.7. The van der Waals surface area contributed by atoms with Gasteiger partial charge in [-0.15, -0.1) is 11.3 Å². The van der Waals surface area contributed by atoms with E-state index in [0.29, 0.717) is 18.4 Å². The fraction of sp³-hybridized carbons (Fsp3) is 0.615. The lowest BCUT2D eigenvalue weighted by Gasteiger charge is -2.37. The van der Waals surface area contributed by atoms with Crippen molar-refractivity contribution in [2.45, 2.75) is 52.0 Å². The largest absolute Gasteiger partial charge is 0.342 e. The highest BCUT2D eigenvalue weighted by Gasteiger charge is 2.26. The monoisotopic (exact) mass is 454 g/mol. The first-order valence-corrected chi connectivity index (χ1v) is 13.0. The van der Waals surface area contributed by atoms with Gasteiger partial charge in [0.25, 0.3) is 0 Å². The molecule has 0 unspecified atom stereocenters. The number of carbonyl (C=O) groups excluding carboxylic acids is 1. The molecule has 0 bridgehead atoms. The Morgan fingerprint density at radius 3 is 2.28 bits per heavy atom. The van der Waals surface area contributed by atoms with Crippen molar-refractivity contribution in [3.63, 3.8) is 0 Å². The minimum absolute atomic E-state index is 0.115. The van der Waals surface area contributed by atoms with Crippen LogP contribution >= 0.6 is 11.3 Å². The highest BCUT2D eigenvalue weighted by molar-refractivity contribution is 7.09. The summed E-state index contributed by atoms with van der Waals surface area (Å²) in [5.41, 5.74) is 2.72. The van der Waals surface area contributed by atoms with Gasteiger partial charge in [0.2, 0.25) is 5.91 Å². The molecule has 0 atom stereocenters. The molecular weight excluding hydrogens is 416 g/mol. The van der Waals surface area contributed by atoms with Crippen molar-refractivity contribution in [1.29, 1.82) is 0 Å². The van der Waals surface area contributed by atoms with Crippen LogP contribution in [0.25, 0.3) is 0 Å². The molecule has 174 valence electrons. The topological polar surface area (TPSA) is 39.7 Å². The smallest absolute Gasteiger partial charge is 0.236 e. The molecule has 3 heterocycles. The van der Waals surface area contributed by atoms with Gasteiger partial charge in [-0.25, -0.2) is 4.98 Å². The number of piperazine rings is 1. The van der Waals surface area contributed by atoms with E-state index < -0.39 is 0 Å². The number of piperidine rings is 1. The summed E-state index contributed by atoms with van der Waals surface area (Å²) in [5, 5.41) is 3.41. The second-order valence-corrected chi connectivity index (χ2v) is 11.4. The first-order valence-electron chi connectivity index (χ1n) is 12.1. The van der Waals surface area contributed by atoms with Crippen LogP contribution < -0.4 is 0 Å². The summed E-state index contributed by atoms with van der Waals surface area (Å²) in [7, 11) is 0. The summed E-state index contributed by atoms with van der Waals surface area (Å²) in [6.45, 7) is 13.9. The van der Waals surface area contributed by atoms with E-state index in [9.17, 15) is 4.79 Å². The number of carbonyl (C=O) groups is 1. The van der Waals surface area contributed by atoms with Gasteiger partial charge in [-0.1, -0.05) is 51.1 Å². The predicted octanol–water partition coefficient (Wildman–Crippen LogP) is 4.04. The molecule has 2 aliphatic heterocycles. The van der Waals surface area contributed by atoms with Crippen molar-refractivity contribution in [3.8, 4) is 0 Å². The molecule has 1 aromatic carbocycles. The molecular formula is C26H38N4OS. The lowest BCUT2D eigenvalue weighted by molar-refractivity contribution is -0.134. The van der Waals surface area contributed by atoms with E-state index in [4.69, 9.17) is 4.98 Å². The van der Waals surface area contributed by atoms with E-state index in [0.717, 1.165) is 65.1 Å². The number of amides is 1. The second-order valence-electron chi connectivity index (χ2n) is 10.4. The average Bonchev–Trinajstić information content (AvgIpc) is 3.25. The highest BCUT2D eigenvalue weighted by Crippen LogP contribution is 2.25. The molecule has 2 aliphatic rings. The molecule has 2 fully saturated rings. The van der Waals surface area contributed by atoms with E-state index in [1.165, 1.54) is 16.3 Å². The fourth-order valence-corrected chi connectivity index (χ4v) is 5.71. The molecule has 1 amide bonds. The maximum Gasteiger partial charge on any atom is 0.236 e. The van der Waals surface area contributed by atoms with Crippen LogP contribution in [0.1, 0.15) is 49.9 Å². The number of benzene rings is 1. The van der Waals surface area contributed by atoms with Gasteiger partial charge in [0.15, 0.2) is 0 Å². The van der Waals surface area contributed by atoms with E-state index in [1.54, 1.807) is 11.3 Å². The van der Waals surface area contributed by atoms with Gasteiger partial charge >= 0.3 is 0 Å². The maximum atomic E-state index is 12.9. The molecule has 2 saturated heterocycles. The summed E-state index contributed by atoms with van der Waals surface area (Å²) in [5.74, 6) is 1.01. The Balaban J connectivity index is 1.16. The number of hydrogen-bond donors (Lipinski definition) is 0. The summed E-state index contributed by atoms with van der Waals surface area (Å²) in [4.78, 5) is 24.6. The minimum atomic E-state index is 0.115. The quantitative estimate of drug-likeness (QED) is 0.660. The summed E-state index contributed by atoms with van der Waals surface area (Å²) in [6.07, 6.45) is 3.39. The third kappa shape index (κ3) is 6.40. The molecule has 0 saturated carbocycles. The van der Waals surface area contributed by atoms with E-state index in [1.807, 2.05) is 0 Å². The number of thiazole rings is 1. The Morgan fingerprint density at radius 1 is 1.00 bits per heavy atom. The molecule has 0 aliphatic carbocycles. The Morgan fingerprint density at radius 2 is 1.66 bits per heavy atom. The molecule has 0 N–H and O–H groups in total. The van der Waals surface area contributed by atoms with Crippen molar-refractivity contribution in [2.24, 2.45) is 5.92 Å². The molecule has 6 heteroatoms. The third-order valence-electron chi connectivity index (χ3n) is 6.84. The van der Waals surface area contributed by atoms with Crippen molar-refractivity contribution < 1.29 is 4.79 Å². The van der Waals surface area contributed by atoms with Gasteiger partial charge in [0, 0.05) is 50.1 Å². The number of aromatic nitrogens is 1. The number of rotatable bonds is 6. The number of nitrogens with zero attached hydrogens (tertiary/aromatic N) is 4. The van der Waals surface area contributed by atoms with Crippen LogP contribution in [0.5, 0.6) is 0 Å². The molecule has 4 rings (SSSR count). The molecule has 2 aromatic rings. The first kappa shape index (κ1) is 23.4. The number of likely N-dealkylation sites (tertiary alicyclic amines) is 1. The van der Waals surface area contributed by atoms with Gasteiger partial charge in [-0.2, -0.15) is 0 Å².